The van der Waals surface area contributed by atoms with Gasteiger partial charge in [-0.1, -0.05) is 24.3 Å². The van der Waals surface area contributed by atoms with Crippen LogP contribution in [-0.4, -0.2) is 65.4 Å². The zero-order chi connectivity index (χ0) is 20.5. The molecule has 0 radical (unpaired) electrons. The van der Waals surface area contributed by atoms with Crippen molar-refractivity contribution < 1.29 is 29.6 Å². The van der Waals surface area contributed by atoms with E-state index in [1.807, 2.05) is 24.3 Å². The Hall–Kier alpha value is -3.26. The van der Waals surface area contributed by atoms with Crippen LogP contribution in [0.5, 0.6) is 11.5 Å². The van der Waals surface area contributed by atoms with Crippen LogP contribution in [0, 0.1) is 0 Å². The molecule has 150 valence electrons. The molecule has 8 heteroatoms. The lowest BCUT2D eigenvalue weighted by molar-refractivity contribution is -0.159. The van der Waals surface area contributed by atoms with Crippen molar-refractivity contribution in [1.82, 2.24) is 4.90 Å². The Morgan fingerprint density at radius 3 is 2.04 bits per heavy atom. The highest BCUT2D eigenvalue weighted by Gasteiger charge is 2.19. The monoisotopic (exact) mass is 388 g/mol. The first-order valence-corrected chi connectivity index (χ1v) is 8.75. The summed E-state index contributed by atoms with van der Waals surface area (Å²) in [5.41, 5.74) is 2.41. The Balaban J connectivity index is 0.000000409. The number of phenolic OH excluding ortho intramolecular Hbond substituents is 1. The molecule has 0 saturated carbocycles. The number of nitrogens with zero attached hydrogens (tertiary/aromatic N) is 2. The van der Waals surface area contributed by atoms with Gasteiger partial charge in [0.25, 0.3) is 0 Å². The number of hydrogen-bond donors (Lipinski definition) is 3. The molecule has 1 heterocycles. The van der Waals surface area contributed by atoms with E-state index in [0.29, 0.717) is 5.75 Å². The van der Waals surface area contributed by atoms with E-state index in [1.54, 1.807) is 19.2 Å². The molecule has 8 nitrogen and oxygen atoms in total. The number of ether oxygens (including phenoxy) is 1. The van der Waals surface area contributed by atoms with Crippen molar-refractivity contribution in [2.75, 3.05) is 38.2 Å². The summed E-state index contributed by atoms with van der Waals surface area (Å²) in [4.78, 5) is 23.0. The van der Waals surface area contributed by atoms with Gasteiger partial charge in [0, 0.05) is 32.7 Å². The third-order valence-electron chi connectivity index (χ3n) is 4.32. The highest BCUT2D eigenvalue weighted by Crippen LogP contribution is 2.28. The van der Waals surface area contributed by atoms with Gasteiger partial charge in [-0.3, -0.25) is 4.90 Å². The zero-order valence-electron chi connectivity index (χ0n) is 15.6. The fourth-order valence-corrected chi connectivity index (χ4v) is 2.90. The Kier molecular flexibility index (Phi) is 7.65. The third kappa shape index (κ3) is 6.17. The summed E-state index contributed by atoms with van der Waals surface area (Å²) < 4.78 is 5.45. The van der Waals surface area contributed by atoms with E-state index in [-0.39, 0.29) is 0 Å². The minimum Gasteiger partial charge on any atom is -0.508 e. The van der Waals surface area contributed by atoms with Crippen molar-refractivity contribution in [1.29, 1.82) is 0 Å². The molecule has 0 aliphatic carbocycles. The summed E-state index contributed by atoms with van der Waals surface area (Å²) in [6.07, 6.45) is 0. The van der Waals surface area contributed by atoms with Crippen LogP contribution in [0.2, 0.25) is 0 Å². The number of carbonyl (C=O) groups is 2. The second kappa shape index (κ2) is 10.2. The summed E-state index contributed by atoms with van der Waals surface area (Å²) in [5, 5.41) is 24.1. The molecule has 0 spiro atoms. The molecular weight excluding hydrogens is 364 g/mol. The van der Waals surface area contributed by atoms with E-state index in [0.717, 1.165) is 38.5 Å². The molecule has 0 bridgehead atoms. The number of aromatic hydroxyl groups is 1. The smallest absolute Gasteiger partial charge is 0.414 e. The Morgan fingerprint density at radius 1 is 0.929 bits per heavy atom. The average Bonchev–Trinajstić information content (AvgIpc) is 2.71. The number of piperazine rings is 1. The second-order valence-corrected chi connectivity index (χ2v) is 6.21. The van der Waals surface area contributed by atoms with Gasteiger partial charge in [0.15, 0.2) is 0 Å². The van der Waals surface area contributed by atoms with Crippen molar-refractivity contribution in [2.45, 2.75) is 6.54 Å². The molecule has 1 aliphatic rings. The number of carboxylic acid groups (broad SMARTS) is 2. The molecule has 1 fully saturated rings. The minimum atomic E-state index is -1.82. The zero-order valence-corrected chi connectivity index (χ0v) is 15.6. The lowest BCUT2D eigenvalue weighted by Gasteiger charge is -2.36. The van der Waals surface area contributed by atoms with E-state index >= 15 is 0 Å². The largest absolute Gasteiger partial charge is 0.508 e. The quantitative estimate of drug-likeness (QED) is 0.681. The molecule has 28 heavy (non-hydrogen) atoms. The van der Waals surface area contributed by atoms with Crippen molar-refractivity contribution in [2.24, 2.45) is 0 Å². The number of anilines is 1. The van der Waals surface area contributed by atoms with Crippen LogP contribution in [0.3, 0.4) is 0 Å². The topological polar surface area (TPSA) is 111 Å². The van der Waals surface area contributed by atoms with Gasteiger partial charge in [-0.2, -0.15) is 0 Å². The summed E-state index contributed by atoms with van der Waals surface area (Å²) in [7, 11) is 1.72. The number of carboxylic acids is 2. The number of benzene rings is 2. The molecule has 0 amide bonds. The molecule has 0 unspecified atom stereocenters. The van der Waals surface area contributed by atoms with Crippen LogP contribution in [0.15, 0.2) is 48.5 Å². The van der Waals surface area contributed by atoms with Crippen LogP contribution < -0.4 is 9.64 Å². The van der Waals surface area contributed by atoms with Crippen molar-refractivity contribution in [3.05, 3.63) is 54.1 Å². The van der Waals surface area contributed by atoms with Gasteiger partial charge in [0.05, 0.1) is 12.8 Å². The Bertz CT molecular complexity index is 774. The van der Waals surface area contributed by atoms with Crippen molar-refractivity contribution in [3.63, 3.8) is 0 Å². The lowest BCUT2D eigenvalue weighted by atomic mass is 10.1. The summed E-state index contributed by atoms with van der Waals surface area (Å²) in [6, 6.07) is 15.7. The second-order valence-electron chi connectivity index (χ2n) is 6.21. The standard InChI is InChI=1S/C18H22N2O2.C2H2O4/c1-22-18-5-3-2-4-17(18)20-12-10-19(11-13-20)14-15-6-8-16(21)9-7-15;3-1(4)2(5)6/h2-9,21H,10-14H2,1H3;(H,3,4)(H,5,6). The van der Waals surface area contributed by atoms with E-state index in [4.69, 9.17) is 24.5 Å². The maximum atomic E-state index is 9.34. The van der Waals surface area contributed by atoms with Crippen molar-refractivity contribution in [3.8, 4) is 11.5 Å². The highest BCUT2D eigenvalue weighted by atomic mass is 16.5. The number of methoxy groups -OCH3 is 1. The van der Waals surface area contributed by atoms with Crippen LogP contribution >= 0.6 is 0 Å². The molecule has 2 aromatic rings. The van der Waals surface area contributed by atoms with Gasteiger partial charge < -0.3 is 25.0 Å². The fourth-order valence-electron chi connectivity index (χ4n) is 2.90. The highest BCUT2D eigenvalue weighted by molar-refractivity contribution is 6.27. The van der Waals surface area contributed by atoms with Gasteiger partial charge in [0.1, 0.15) is 11.5 Å². The molecule has 0 atom stereocenters. The number of phenols is 1. The first-order chi connectivity index (χ1) is 13.4. The Morgan fingerprint density at radius 2 is 1.50 bits per heavy atom. The molecule has 1 saturated heterocycles. The number of aliphatic carboxylic acids is 2. The van der Waals surface area contributed by atoms with Crippen molar-refractivity contribution >= 4 is 17.6 Å². The molecule has 0 aromatic heterocycles. The lowest BCUT2D eigenvalue weighted by Crippen LogP contribution is -2.46. The average molecular weight is 388 g/mol. The van der Waals surface area contributed by atoms with Gasteiger partial charge in [-0.15, -0.1) is 0 Å². The van der Waals surface area contributed by atoms with Crippen LogP contribution in [0.25, 0.3) is 0 Å². The third-order valence-corrected chi connectivity index (χ3v) is 4.32. The first-order valence-electron chi connectivity index (χ1n) is 8.75. The summed E-state index contributed by atoms with van der Waals surface area (Å²) >= 11 is 0. The summed E-state index contributed by atoms with van der Waals surface area (Å²) in [6.45, 7) is 4.98. The molecule has 3 N–H and O–H groups in total. The molecular formula is C20H24N2O6. The first kappa shape index (κ1) is 21.0. The number of para-hydroxylation sites is 2. The van der Waals surface area contributed by atoms with E-state index in [2.05, 4.69) is 21.9 Å². The maximum Gasteiger partial charge on any atom is 0.414 e. The van der Waals surface area contributed by atoms with E-state index in [1.165, 1.54) is 11.3 Å². The molecule has 2 aromatic carbocycles. The predicted octanol–water partition coefficient (Wildman–Crippen LogP) is 1.88. The SMILES string of the molecule is COc1ccccc1N1CCN(Cc2ccc(O)cc2)CC1.O=C(O)C(=O)O. The Labute approximate surface area is 163 Å². The minimum absolute atomic E-state index is 0.324. The normalized spacial score (nSPS) is 14.0. The van der Waals surface area contributed by atoms with E-state index in [9.17, 15) is 5.11 Å². The van der Waals surface area contributed by atoms with Gasteiger partial charge in [-0.25, -0.2) is 9.59 Å². The van der Waals surface area contributed by atoms with E-state index < -0.39 is 11.9 Å². The summed E-state index contributed by atoms with van der Waals surface area (Å²) in [5.74, 6) is -2.38. The van der Waals surface area contributed by atoms with Gasteiger partial charge in [0.2, 0.25) is 0 Å². The van der Waals surface area contributed by atoms with Crippen LogP contribution in [0.4, 0.5) is 5.69 Å². The predicted molar refractivity (Wildman–Crippen MR) is 104 cm³/mol. The van der Waals surface area contributed by atoms with Gasteiger partial charge in [-0.05, 0) is 29.8 Å². The number of rotatable bonds is 4. The molecule has 3 rings (SSSR count). The maximum absolute atomic E-state index is 9.34. The fraction of sp³-hybridized carbons (Fsp3) is 0.300. The van der Waals surface area contributed by atoms with Crippen LogP contribution in [-0.2, 0) is 16.1 Å². The molecule has 1 aliphatic heterocycles. The van der Waals surface area contributed by atoms with Crippen LogP contribution in [0.1, 0.15) is 5.56 Å². The number of hydrogen-bond acceptors (Lipinski definition) is 6. The van der Waals surface area contributed by atoms with Gasteiger partial charge >= 0.3 is 11.9 Å².